The fourth-order valence-electron chi connectivity index (χ4n) is 3.88. The van der Waals surface area contributed by atoms with E-state index in [-0.39, 0.29) is 11.8 Å². The summed E-state index contributed by atoms with van der Waals surface area (Å²) < 4.78 is 0. The van der Waals surface area contributed by atoms with Crippen LogP contribution >= 0.6 is 0 Å². The molecule has 156 valence electrons. The van der Waals surface area contributed by atoms with Crippen LogP contribution in [-0.2, 0) is 9.59 Å². The minimum Gasteiger partial charge on any atom is -0.271 e. The van der Waals surface area contributed by atoms with Crippen LogP contribution in [0, 0.1) is 5.41 Å². The van der Waals surface area contributed by atoms with Gasteiger partial charge >= 0.3 is 0 Å². The van der Waals surface area contributed by atoms with E-state index in [0.717, 1.165) is 12.8 Å². The summed E-state index contributed by atoms with van der Waals surface area (Å²) in [7, 11) is 0. The Morgan fingerprint density at radius 3 is 1.80 bits per heavy atom. The van der Waals surface area contributed by atoms with E-state index in [1.165, 1.54) is 22.9 Å². The highest BCUT2D eigenvalue weighted by atomic mass is 16.2. The number of hydrogen-bond donors (Lipinski definition) is 0. The van der Waals surface area contributed by atoms with Crippen LogP contribution in [0.5, 0.6) is 0 Å². The van der Waals surface area contributed by atoms with Gasteiger partial charge in [-0.15, -0.1) is 6.58 Å². The van der Waals surface area contributed by atoms with Gasteiger partial charge < -0.3 is 0 Å². The number of anilines is 2. The fraction of sp³-hybridized carbons (Fsp3) is 0.308. The minimum atomic E-state index is -1.17. The number of rotatable bonds is 10. The molecule has 4 heteroatoms. The number of carbonyl (C=O) groups excluding carboxylic acids is 2. The van der Waals surface area contributed by atoms with Crippen LogP contribution in [0.4, 0.5) is 11.4 Å². The van der Waals surface area contributed by atoms with Gasteiger partial charge in [0.25, 0.3) is 11.8 Å². The molecule has 2 aromatic rings. The topological polar surface area (TPSA) is 40.6 Å². The molecule has 2 aromatic carbocycles. The quantitative estimate of drug-likeness (QED) is 0.275. The third-order valence-electron chi connectivity index (χ3n) is 5.51. The van der Waals surface area contributed by atoms with Crippen molar-refractivity contribution in [3.8, 4) is 0 Å². The summed E-state index contributed by atoms with van der Waals surface area (Å²) in [5.41, 5.74) is 0.185. The molecule has 1 saturated heterocycles. The van der Waals surface area contributed by atoms with Crippen molar-refractivity contribution in [2.24, 2.45) is 5.41 Å². The SMILES string of the molecule is C=CCC1(CC=CCCCCC)C(=O)N(c2ccccc2)N(c2ccccc2)C1=O. The van der Waals surface area contributed by atoms with Crippen LogP contribution in [0.3, 0.4) is 0 Å². The molecule has 2 amide bonds. The highest BCUT2D eigenvalue weighted by Gasteiger charge is 2.57. The van der Waals surface area contributed by atoms with Crippen molar-refractivity contribution >= 4 is 23.2 Å². The maximum atomic E-state index is 13.8. The van der Waals surface area contributed by atoms with Crippen molar-refractivity contribution in [3.05, 3.63) is 85.5 Å². The van der Waals surface area contributed by atoms with Crippen molar-refractivity contribution in [2.75, 3.05) is 10.0 Å². The molecule has 1 aliphatic heterocycles. The van der Waals surface area contributed by atoms with E-state index in [1.807, 2.05) is 66.7 Å². The molecule has 1 aliphatic rings. The van der Waals surface area contributed by atoms with Crippen LogP contribution in [-0.4, -0.2) is 11.8 Å². The average Bonchev–Trinajstić information content (AvgIpc) is 2.99. The molecule has 0 atom stereocenters. The predicted molar refractivity (Wildman–Crippen MR) is 123 cm³/mol. The Hall–Kier alpha value is -3.14. The van der Waals surface area contributed by atoms with Gasteiger partial charge in [0.1, 0.15) is 5.41 Å². The lowest BCUT2D eigenvalue weighted by Gasteiger charge is -2.27. The Bertz CT molecular complexity index is 832. The van der Waals surface area contributed by atoms with Crippen LogP contribution in [0.25, 0.3) is 0 Å². The van der Waals surface area contributed by atoms with Crippen molar-refractivity contribution in [2.45, 2.75) is 45.4 Å². The van der Waals surface area contributed by atoms with E-state index in [1.54, 1.807) is 6.08 Å². The third kappa shape index (κ3) is 4.23. The number of unbranched alkanes of at least 4 members (excludes halogenated alkanes) is 3. The first-order chi connectivity index (χ1) is 14.7. The van der Waals surface area contributed by atoms with Gasteiger partial charge in [0.05, 0.1) is 11.4 Å². The zero-order chi connectivity index (χ0) is 21.4. The van der Waals surface area contributed by atoms with E-state index >= 15 is 0 Å². The Morgan fingerprint density at radius 2 is 1.33 bits per heavy atom. The van der Waals surface area contributed by atoms with Gasteiger partial charge in [-0.2, -0.15) is 0 Å². The summed E-state index contributed by atoms with van der Waals surface area (Å²) in [5, 5.41) is 3.04. The molecule has 0 radical (unpaired) electrons. The molecule has 0 bridgehead atoms. The Kier molecular flexibility index (Phi) is 7.23. The van der Waals surface area contributed by atoms with Crippen molar-refractivity contribution in [3.63, 3.8) is 0 Å². The first-order valence-corrected chi connectivity index (χ1v) is 10.7. The molecule has 0 saturated carbocycles. The number of allylic oxidation sites excluding steroid dienone is 3. The number of para-hydroxylation sites is 2. The van der Waals surface area contributed by atoms with Crippen molar-refractivity contribution < 1.29 is 9.59 Å². The van der Waals surface area contributed by atoms with Crippen molar-refractivity contribution in [1.29, 1.82) is 0 Å². The molecule has 0 N–H and O–H groups in total. The second-order valence-electron chi connectivity index (χ2n) is 7.65. The number of benzene rings is 2. The summed E-state index contributed by atoms with van der Waals surface area (Å²) >= 11 is 0. The van der Waals surface area contributed by atoms with Crippen LogP contribution in [0.1, 0.15) is 45.4 Å². The van der Waals surface area contributed by atoms with Gasteiger partial charge in [-0.1, -0.05) is 74.4 Å². The Morgan fingerprint density at radius 1 is 0.800 bits per heavy atom. The lowest BCUT2D eigenvalue weighted by Crippen LogP contribution is -2.41. The van der Waals surface area contributed by atoms with E-state index in [4.69, 9.17) is 0 Å². The maximum absolute atomic E-state index is 13.8. The zero-order valence-electron chi connectivity index (χ0n) is 17.7. The highest BCUT2D eigenvalue weighted by molar-refractivity contribution is 6.26. The predicted octanol–water partition coefficient (Wildman–Crippen LogP) is 6.07. The normalized spacial score (nSPS) is 15.9. The number of carbonyl (C=O) groups is 2. The van der Waals surface area contributed by atoms with Crippen LogP contribution < -0.4 is 10.0 Å². The highest BCUT2D eigenvalue weighted by Crippen LogP contribution is 2.43. The van der Waals surface area contributed by atoms with E-state index in [2.05, 4.69) is 19.6 Å². The van der Waals surface area contributed by atoms with Gasteiger partial charge in [0, 0.05) is 0 Å². The Balaban J connectivity index is 1.99. The molecule has 1 fully saturated rings. The van der Waals surface area contributed by atoms with Gasteiger partial charge in [-0.25, -0.2) is 10.0 Å². The zero-order valence-corrected chi connectivity index (χ0v) is 17.7. The molecule has 0 aromatic heterocycles. The van der Waals surface area contributed by atoms with Gasteiger partial charge in [-0.3, -0.25) is 9.59 Å². The summed E-state index contributed by atoms with van der Waals surface area (Å²) in [6, 6.07) is 18.7. The molecular weight excluding hydrogens is 372 g/mol. The first-order valence-electron chi connectivity index (χ1n) is 10.7. The maximum Gasteiger partial charge on any atom is 0.262 e. The Labute approximate surface area is 179 Å². The van der Waals surface area contributed by atoms with E-state index in [0.29, 0.717) is 24.2 Å². The van der Waals surface area contributed by atoms with E-state index in [9.17, 15) is 9.59 Å². The van der Waals surface area contributed by atoms with Gasteiger partial charge in [0.15, 0.2) is 0 Å². The monoisotopic (exact) mass is 402 g/mol. The van der Waals surface area contributed by atoms with Crippen molar-refractivity contribution in [1.82, 2.24) is 0 Å². The minimum absolute atomic E-state index is 0.208. The molecule has 3 rings (SSSR count). The lowest BCUT2D eigenvalue weighted by atomic mass is 9.79. The number of amides is 2. The lowest BCUT2D eigenvalue weighted by molar-refractivity contribution is -0.134. The molecular formula is C26H30N2O2. The second kappa shape index (κ2) is 10.1. The summed E-state index contributed by atoms with van der Waals surface area (Å²) in [4.78, 5) is 27.5. The standard InChI is InChI=1S/C26H30N2O2/c1-3-5-6-7-8-15-21-26(20-4-2)24(29)27(22-16-11-9-12-17-22)28(25(26)30)23-18-13-10-14-19-23/h4,8-19H,2-3,5-7,20-21H2,1H3. The molecule has 4 nitrogen and oxygen atoms in total. The van der Waals surface area contributed by atoms with Crippen LogP contribution in [0.15, 0.2) is 85.5 Å². The molecule has 1 heterocycles. The fourth-order valence-corrected chi connectivity index (χ4v) is 3.88. The second-order valence-corrected chi connectivity index (χ2v) is 7.65. The smallest absolute Gasteiger partial charge is 0.262 e. The first kappa shape index (κ1) is 21.6. The third-order valence-corrected chi connectivity index (χ3v) is 5.51. The average molecular weight is 403 g/mol. The summed E-state index contributed by atoms with van der Waals surface area (Å²) in [6.45, 7) is 6.01. The van der Waals surface area contributed by atoms with Crippen LogP contribution in [0.2, 0.25) is 0 Å². The van der Waals surface area contributed by atoms with E-state index < -0.39 is 5.41 Å². The summed E-state index contributed by atoms with van der Waals surface area (Å²) in [5.74, 6) is -0.415. The largest absolute Gasteiger partial charge is 0.271 e. The molecule has 0 spiro atoms. The molecule has 30 heavy (non-hydrogen) atoms. The number of hydrazine groups is 1. The number of nitrogens with zero attached hydrogens (tertiary/aromatic N) is 2. The summed E-state index contributed by atoms with van der Waals surface area (Å²) in [6.07, 6.45) is 10.9. The van der Waals surface area contributed by atoms with Gasteiger partial charge in [-0.05, 0) is 49.9 Å². The number of hydrogen-bond acceptors (Lipinski definition) is 2. The van der Waals surface area contributed by atoms with Gasteiger partial charge in [0.2, 0.25) is 0 Å². The molecule has 0 aliphatic carbocycles. The molecule has 0 unspecified atom stereocenters.